The van der Waals surface area contributed by atoms with Gasteiger partial charge in [-0.05, 0) is 51.3 Å². The third kappa shape index (κ3) is 8.55. The van der Waals surface area contributed by atoms with Crippen molar-refractivity contribution in [3.8, 4) is 5.75 Å². The van der Waals surface area contributed by atoms with Gasteiger partial charge in [-0.25, -0.2) is 4.79 Å². The lowest BCUT2D eigenvalue weighted by Gasteiger charge is -2.19. The minimum absolute atomic E-state index is 0.414. The van der Waals surface area contributed by atoms with Crippen molar-refractivity contribution in [2.24, 2.45) is 0 Å². The minimum atomic E-state index is -0.474. The van der Waals surface area contributed by atoms with Gasteiger partial charge in [0.2, 0.25) is 0 Å². The second kappa shape index (κ2) is 9.34. The number of aryl methyl sites for hydroxylation is 1. The zero-order valence-electron chi connectivity index (χ0n) is 14.3. The molecule has 1 aromatic rings. The molecule has 0 saturated heterocycles. The molecule has 0 unspecified atom stereocenters. The van der Waals surface area contributed by atoms with Gasteiger partial charge in [0, 0.05) is 0 Å². The second-order valence-corrected chi connectivity index (χ2v) is 6.38. The van der Waals surface area contributed by atoms with Gasteiger partial charge < -0.3 is 14.8 Å². The van der Waals surface area contributed by atoms with Crippen molar-refractivity contribution >= 4 is 6.09 Å². The number of amides is 1. The third-order valence-corrected chi connectivity index (χ3v) is 3.03. The van der Waals surface area contributed by atoms with E-state index >= 15 is 0 Å². The Balaban J connectivity index is 2.21. The molecule has 0 bridgehead atoms. The summed E-state index contributed by atoms with van der Waals surface area (Å²) in [6.07, 6.45) is 4.45. The standard InChI is InChI=1S/C18H29NO3/c1-5-6-7-8-15-9-11-16(12-10-15)21-14-13-19-17(20)22-18(2,3)4/h9-12H,5-8,13-14H2,1-4H3,(H,19,20). The SMILES string of the molecule is CCCCCc1ccc(OCCNC(=O)OC(C)(C)C)cc1. The Morgan fingerprint density at radius 1 is 1.14 bits per heavy atom. The zero-order valence-corrected chi connectivity index (χ0v) is 14.3. The fourth-order valence-electron chi connectivity index (χ4n) is 1.97. The summed E-state index contributed by atoms with van der Waals surface area (Å²) in [4.78, 5) is 11.5. The zero-order chi connectivity index (χ0) is 16.4. The van der Waals surface area contributed by atoms with Crippen LogP contribution in [0, 0.1) is 0 Å². The molecule has 0 aliphatic heterocycles. The quantitative estimate of drug-likeness (QED) is 0.727. The molecule has 22 heavy (non-hydrogen) atoms. The lowest BCUT2D eigenvalue weighted by atomic mass is 10.1. The number of nitrogens with one attached hydrogen (secondary N) is 1. The molecule has 4 heteroatoms. The smallest absolute Gasteiger partial charge is 0.407 e. The number of rotatable bonds is 8. The van der Waals surface area contributed by atoms with E-state index in [1.54, 1.807) is 0 Å². The first-order chi connectivity index (χ1) is 10.4. The van der Waals surface area contributed by atoms with Gasteiger partial charge in [-0.15, -0.1) is 0 Å². The van der Waals surface area contributed by atoms with Crippen molar-refractivity contribution < 1.29 is 14.3 Å². The number of hydrogen-bond acceptors (Lipinski definition) is 3. The van der Waals surface area contributed by atoms with Crippen LogP contribution < -0.4 is 10.1 Å². The van der Waals surface area contributed by atoms with E-state index in [4.69, 9.17) is 9.47 Å². The van der Waals surface area contributed by atoms with Gasteiger partial charge in [0.15, 0.2) is 0 Å². The van der Waals surface area contributed by atoms with Crippen LogP contribution in [0.1, 0.15) is 52.5 Å². The number of alkyl carbamates (subject to hydrolysis) is 1. The predicted octanol–water partition coefficient (Wildman–Crippen LogP) is 4.32. The van der Waals surface area contributed by atoms with E-state index in [1.807, 2.05) is 32.9 Å². The topological polar surface area (TPSA) is 47.6 Å². The van der Waals surface area contributed by atoms with Crippen LogP contribution in [0.3, 0.4) is 0 Å². The monoisotopic (exact) mass is 307 g/mol. The summed E-state index contributed by atoms with van der Waals surface area (Å²) < 4.78 is 10.7. The molecule has 0 aliphatic carbocycles. The van der Waals surface area contributed by atoms with E-state index < -0.39 is 11.7 Å². The Kier molecular flexibility index (Phi) is 7.78. The van der Waals surface area contributed by atoms with Gasteiger partial charge in [-0.2, -0.15) is 0 Å². The molecule has 0 fully saturated rings. The van der Waals surface area contributed by atoms with Crippen molar-refractivity contribution in [2.45, 2.75) is 59.0 Å². The van der Waals surface area contributed by atoms with Crippen LogP contribution in [0.4, 0.5) is 4.79 Å². The molecular weight excluding hydrogens is 278 g/mol. The summed E-state index contributed by atoms with van der Waals surface area (Å²) in [7, 11) is 0. The van der Waals surface area contributed by atoms with Gasteiger partial charge in [0.05, 0.1) is 6.54 Å². The largest absolute Gasteiger partial charge is 0.492 e. The number of ether oxygens (including phenoxy) is 2. The van der Waals surface area contributed by atoms with Crippen LogP contribution in [0.25, 0.3) is 0 Å². The maximum Gasteiger partial charge on any atom is 0.407 e. The molecule has 0 spiro atoms. The Hall–Kier alpha value is -1.71. The number of carbonyl (C=O) groups excluding carboxylic acids is 1. The number of unbranched alkanes of at least 4 members (excludes halogenated alkanes) is 2. The van der Waals surface area contributed by atoms with Gasteiger partial charge in [0.25, 0.3) is 0 Å². The third-order valence-electron chi connectivity index (χ3n) is 3.03. The molecule has 124 valence electrons. The minimum Gasteiger partial charge on any atom is -0.492 e. The molecule has 1 rings (SSSR count). The lowest BCUT2D eigenvalue weighted by molar-refractivity contribution is 0.0520. The average Bonchev–Trinajstić information content (AvgIpc) is 2.43. The number of hydrogen-bond donors (Lipinski definition) is 1. The molecule has 0 aliphatic rings. The highest BCUT2D eigenvalue weighted by Crippen LogP contribution is 2.14. The summed E-state index contributed by atoms with van der Waals surface area (Å²) >= 11 is 0. The highest BCUT2D eigenvalue weighted by atomic mass is 16.6. The predicted molar refractivity (Wildman–Crippen MR) is 89.4 cm³/mol. The van der Waals surface area contributed by atoms with Crippen LogP contribution in [0.2, 0.25) is 0 Å². The highest BCUT2D eigenvalue weighted by molar-refractivity contribution is 5.67. The Morgan fingerprint density at radius 3 is 2.41 bits per heavy atom. The molecule has 0 aromatic heterocycles. The van der Waals surface area contributed by atoms with Gasteiger partial charge in [0.1, 0.15) is 18.0 Å². The van der Waals surface area contributed by atoms with E-state index in [1.165, 1.54) is 24.8 Å². The van der Waals surface area contributed by atoms with Crippen LogP contribution in [0.5, 0.6) is 5.75 Å². The van der Waals surface area contributed by atoms with Crippen LogP contribution in [0.15, 0.2) is 24.3 Å². The second-order valence-electron chi connectivity index (χ2n) is 6.38. The molecule has 0 heterocycles. The van der Waals surface area contributed by atoms with E-state index in [9.17, 15) is 4.79 Å². The van der Waals surface area contributed by atoms with Crippen LogP contribution in [-0.2, 0) is 11.2 Å². The van der Waals surface area contributed by atoms with E-state index in [0.29, 0.717) is 13.2 Å². The van der Waals surface area contributed by atoms with Gasteiger partial charge in [-0.3, -0.25) is 0 Å². The fourth-order valence-corrected chi connectivity index (χ4v) is 1.97. The first-order valence-electron chi connectivity index (χ1n) is 8.09. The fraction of sp³-hybridized carbons (Fsp3) is 0.611. The molecular formula is C18H29NO3. The van der Waals surface area contributed by atoms with Crippen molar-refractivity contribution in [1.82, 2.24) is 5.32 Å². The first-order valence-corrected chi connectivity index (χ1v) is 8.09. The lowest BCUT2D eigenvalue weighted by Crippen LogP contribution is -2.34. The molecule has 1 N–H and O–H groups in total. The maximum atomic E-state index is 11.5. The normalized spacial score (nSPS) is 11.1. The van der Waals surface area contributed by atoms with Crippen molar-refractivity contribution in [3.63, 3.8) is 0 Å². The van der Waals surface area contributed by atoms with Crippen molar-refractivity contribution in [2.75, 3.05) is 13.2 Å². The van der Waals surface area contributed by atoms with Crippen molar-refractivity contribution in [1.29, 1.82) is 0 Å². The Bertz CT molecular complexity index is 435. The summed E-state index contributed by atoms with van der Waals surface area (Å²) in [5, 5.41) is 2.67. The number of benzene rings is 1. The maximum absolute atomic E-state index is 11.5. The van der Waals surface area contributed by atoms with Gasteiger partial charge in [-0.1, -0.05) is 31.9 Å². The molecule has 0 saturated carbocycles. The highest BCUT2D eigenvalue weighted by Gasteiger charge is 2.15. The Labute approximate surface area is 134 Å². The molecule has 1 amide bonds. The number of carbonyl (C=O) groups is 1. The van der Waals surface area contributed by atoms with Crippen LogP contribution >= 0.6 is 0 Å². The summed E-state index contributed by atoms with van der Waals surface area (Å²) in [6, 6.07) is 8.17. The van der Waals surface area contributed by atoms with Gasteiger partial charge >= 0.3 is 6.09 Å². The first kappa shape index (κ1) is 18.3. The molecule has 4 nitrogen and oxygen atoms in total. The molecule has 0 radical (unpaired) electrons. The molecule has 1 aromatic carbocycles. The average molecular weight is 307 g/mol. The van der Waals surface area contributed by atoms with E-state index in [-0.39, 0.29) is 0 Å². The van der Waals surface area contributed by atoms with E-state index in [0.717, 1.165) is 12.2 Å². The van der Waals surface area contributed by atoms with Crippen LogP contribution in [-0.4, -0.2) is 24.8 Å². The summed E-state index contributed by atoms with van der Waals surface area (Å²) in [5.41, 5.74) is 0.867. The summed E-state index contributed by atoms with van der Waals surface area (Å²) in [6.45, 7) is 8.57. The van der Waals surface area contributed by atoms with E-state index in [2.05, 4.69) is 24.4 Å². The Morgan fingerprint density at radius 2 is 1.82 bits per heavy atom. The summed E-state index contributed by atoms with van der Waals surface area (Å²) in [5.74, 6) is 0.824. The molecule has 0 atom stereocenters. The van der Waals surface area contributed by atoms with Crippen molar-refractivity contribution in [3.05, 3.63) is 29.8 Å².